The maximum atomic E-state index is 14.5. The number of carbonyl (C=O) groups is 3. The minimum absolute atomic E-state index is 0.0223. The van der Waals surface area contributed by atoms with Crippen LogP contribution in [0.5, 0.6) is 0 Å². The van der Waals surface area contributed by atoms with Gasteiger partial charge in [-0.15, -0.1) is 0 Å². The zero-order valence-corrected chi connectivity index (χ0v) is 36.6. The number of cyclic esters (lactones) is 1. The zero-order chi connectivity index (χ0) is 43.9. The molecule has 3 fully saturated rings. The number of aliphatic hydroxyl groups excluding tert-OH is 1. The second-order valence-electron chi connectivity index (χ2n) is 17.1. The van der Waals surface area contributed by atoms with Crippen LogP contribution < -0.4 is 0 Å². The molecular weight excluding hydrogens is 775 g/mol. The van der Waals surface area contributed by atoms with Crippen molar-refractivity contribution in [2.75, 3.05) is 27.3 Å². The van der Waals surface area contributed by atoms with Crippen molar-refractivity contribution in [3.63, 3.8) is 0 Å². The fourth-order valence-electron chi connectivity index (χ4n) is 8.42. The van der Waals surface area contributed by atoms with E-state index in [1.54, 1.807) is 39.2 Å². The predicted octanol–water partition coefficient (Wildman–Crippen LogP) is 4.33. The fraction of sp³-hybridized carbons (Fsp3) is 0.659. The third-order valence-electron chi connectivity index (χ3n) is 12.0. The van der Waals surface area contributed by atoms with E-state index >= 15 is 0 Å². The number of nitrogens with zero attached hydrogens (tertiary/aromatic N) is 5. The van der Waals surface area contributed by atoms with Gasteiger partial charge in [0, 0.05) is 49.0 Å². The minimum atomic E-state index is -1.83. The van der Waals surface area contributed by atoms with E-state index in [2.05, 4.69) is 20.1 Å². The first-order valence-electron chi connectivity index (χ1n) is 20.8. The molecule has 12 atom stereocenters. The van der Waals surface area contributed by atoms with Gasteiger partial charge in [-0.05, 0) is 78.6 Å². The predicted molar refractivity (Wildman–Crippen MR) is 222 cm³/mol. The number of ether oxygens (including phenoxy) is 5. The highest BCUT2D eigenvalue weighted by Gasteiger charge is 2.51. The molecule has 0 aliphatic carbocycles. The summed E-state index contributed by atoms with van der Waals surface area (Å²) < 4.78 is 32.3. The maximum absolute atomic E-state index is 14.5. The Balaban J connectivity index is 1.60. The molecule has 3 aliphatic heterocycles. The lowest BCUT2D eigenvalue weighted by Gasteiger charge is -2.47. The topological polar surface area (TPSA) is 201 Å². The Hall–Kier alpha value is -4.03. The summed E-state index contributed by atoms with van der Waals surface area (Å²) >= 11 is 0. The third-order valence-corrected chi connectivity index (χ3v) is 12.0. The van der Waals surface area contributed by atoms with E-state index in [4.69, 9.17) is 28.5 Å². The number of aliphatic hydroxyl groups is 2. The van der Waals surface area contributed by atoms with Crippen molar-refractivity contribution in [3.05, 3.63) is 48.3 Å². The molecule has 3 aliphatic rings. The number of aliphatic imine (C=N–C) groups is 1. The van der Waals surface area contributed by atoms with Gasteiger partial charge in [-0.25, -0.2) is 15.0 Å². The number of esters is 1. The van der Waals surface area contributed by atoms with Crippen LogP contribution in [0.1, 0.15) is 86.6 Å². The molecule has 0 unspecified atom stereocenters. The van der Waals surface area contributed by atoms with Crippen molar-refractivity contribution in [2.45, 2.75) is 142 Å². The average Bonchev–Trinajstić information content (AvgIpc) is 3.23. The van der Waals surface area contributed by atoms with Gasteiger partial charge in [-0.3, -0.25) is 14.4 Å². The summed E-state index contributed by atoms with van der Waals surface area (Å²) in [6.45, 7) is 13.0. The number of amides is 1. The van der Waals surface area contributed by atoms with Gasteiger partial charge in [0.15, 0.2) is 17.9 Å². The van der Waals surface area contributed by atoms with Crippen LogP contribution in [0.25, 0.3) is 11.4 Å². The monoisotopic (exact) mass is 837 g/mol. The van der Waals surface area contributed by atoms with E-state index in [1.807, 2.05) is 57.1 Å². The molecule has 5 rings (SSSR count). The molecule has 1 amide bonds. The number of rotatable bonds is 8. The normalized spacial score (nSPS) is 36.3. The van der Waals surface area contributed by atoms with E-state index in [-0.39, 0.29) is 51.2 Å². The number of aromatic nitrogens is 2. The van der Waals surface area contributed by atoms with Crippen LogP contribution >= 0.6 is 0 Å². The molecule has 0 spiro atoms. The number of hydrogen-bond acceptors (Lipinski definition) is 15. The highest BCUT2D eigenvalue weighted by atomic mass is 16.7. The average molecular weight is 838 g/mol. The number of likely N-dealkylation sites (N-methyl/N-ethyl adjacent to an activating group) is 1. The van der Waals surface area contributed by atoms with Gasteiger partial charge >= 0.3 is 5.97 Å². The number of ketones is 1. The first-order chi connectivity index (χ1) is 28.3. The Kier molecular flexibility index (Phi) is 15.9. The molecule has 2 bridgehead atoms. The van der Waals surface area contributed by atoms with Crippen LogP contribution in [0, 0.1) is 17.8 Å². The SMILES string of the molecule is CC[C@H]1OC(=O)[C@H](C)C(=O)[C@H](C)[C@@H](O[C@@H]2O[C@H](C)C[C@H](N(C)C)[C@H]2O)[C@@]2(C)C[C@@H](C)C(=NC(C)=O)C[C@@H](OC/C(=N/OCc3ccc(-c4ncccn4)cc3)CO2)[C@]1(C)O. The zero-order valence-electron chi connectivity index (χ0n) is 36.6. The van der Waals surface area contributed by atoms with Gasteiger partial charge in [0.1, 0.15) is 36.0 Å². The highest BCUT2D eigenvalue weighted by Crippen LogP contribution is 2.39. The number of Topliss-reactive ketones (excluding diaryl/α,β-unsaturated/α-hetero) is 1. The van der Waals surface area contributed by atoms with Crippen LogP contribution in [0.3, 0.4) is 0 Å². The highest BCUT2D eigenvalue weighted by molar-refractivity contribution is 6.00. The Bertz CT molecular complexity index is 1840. The molecule has 16 heteroatoms. The van der Waals surface area contributed by atoms with Crippen LogP contribution in [0.2, 0.25) is 0 Å². The van der Waals surface area contributed by atoms with E-state index in [1.165, 1.54) is 20.8 Å². The third kappa shape index (κ3) is 11.3. The second-order valence-corrected chi connectivity index (χ2v) is 17.1. The second kappa shape index (κ2) is 20.2. The summed E-state index contributed by atoms with van der Waals surface area (Å²) in [6, 6.07) is 8.98. The molecule has 0 saturated carbocycles. The lowest BCUT2D eigenvalue weighted by atomic mass is 9.76. The summed E-state index contributed by atoms with van der Waals surface area (Å²) in [4.78, 5) is 61.8. The van der Waals surface area contributed by atoms with Gasteiger partial charge in [0.05, 0.1) is 37.1 Å². The minimum Gasteiger partial charge on any atom is -0.459 e. The van der Waals surface area contributed by atoms with Crippen molar-refractivity contribution in [1.82, 2.24) is 14.9 Å². The first kappa shape index (κ1) is 47.0. The molecular formula is C44H63N5O11. The van der Waals surface area contributed by atoms with Crippen molar-refractivity contribution in [2.24, 2.45) is 27.9 Å². The molecule has 16 nitrogen and oxygen atoms in total. The Morgan fingerprint density at radius 3 is 2.37 bits per heavy atom. The van der Waals surface area contributed by atoms with Crippen molar-refractivity contribution in [3.8, 4) is 11.4 Å². The Morgan fingerprint density at radius 2 is 1.73 bits per heavy atom. The van der Waals surface area contributed by atoms with Crippen LogP contribution in [-0.4, -0.2) is 136 Å². The van der Waals surface area contributed by atoms with E-state index in [0.717, 1.165) is 11.1 Å². The number of carbonyl (C=O) groups excluding carboxylic acids is 3. The van der Waals surface area contributed by atoms with E-state index in [9.17, 15) is 24.6 Å². The lowest BCUT2D eigenvalue weighted by molar-refractivity contribution is -0.296. The summed E-state index contributed by atoms with van der Waals surface area (Å²) in [7, 11) is 3.73. The number of benzene rings is 1. The fourth-order valence-corrected chi connectivity index (χ4v) is 8.42. The van der Waals surface area contributed by atoms with Crippen LogP contribution in [0.15, 0.2) is 52.9 Å². The summed E-state index contributed by atoms with van der Waals surface area (Å²) in [5.41, 5.74) is -0.845. The molecule has 2 aromatic rings. The summed E-state index contributed by atoms with van der Waals surface area (Å²) in [6.07, 6.45) is -1.70. The largest absolute Gasteiger partial charge is 0.459 e. The van der Waals surface area contributed by atoms with Crippen LogP contribution in [0.4, 0.5) is 0 Å². The summed E-state index contributed by atoms with van der Waals surface area (Å²) in [5.74, 6) is -3.97. The molecule has 1 aromatic heterocycles. The van der Waals surface area contributed by atoms with Gasteiger partial charge in [0.25, 0.3) is 0 Å². The van der Waals surface area contributed by atoms with E-state index in [0.29, 0.717) is 23.7 Å². The quantitative estimate of drug-likeness (QED) is 0.216. The molecule has 3 saturated heterocycles. The van der Waals surface area contributed by atoms with Crippen molar-refractivity contribution < 1.29 is 53.1 Å². The lowest BCUT2D eigenvalue weighted by Crippen LogP contribution is -2.59. The smallest absolute Gasteiger partial charge is 0.316 e. The molecule has 4 heterocycles. The van der Waals surface area contributed by atoms with Gasteiger partial charge in [0.2, 0.25) is 5.91 Å². The standard InChI is InChI=1S/C44H63N5O11/c1-11-35-44(8,54)36-20-33(47-29(6)50)25(2)21-43(7,56-24-32(23-55-36)48-57-22-30-13-15-31(16-14-30)40-45-17-12-18-46-40)39(27(4)37(51)28(5)41(53)59-35)60-42-38(52)34(49(9)10)19-26(3)58-42/h12-18,25-28,34-36,38-39,42,52,54H,11,19-24H2,1-10H3/b47-33?,48-32-/t25-,26-,27+,28-,34+,35-,36-,38-,39-,42+,43-,44-/m1/s1. The number of fused-ring (bicyclic) bond motifs is 5. The van der Waals surface area contributed by atoms with Gasteiger partial charge < -0.3 is 43.6 Å². The summed E-state index contributed by atoms with van der Waals surface area (Å²) in [5, 5.41) is 28.4. The Labute approximate surface area is 353 Å². The molecule has 2 N–H and O–H groups in total. The number of oxime groups is 1. The molecule has 330 valence electrons. The van der Waals surface area contributed by atoms with Crippen molar-refractivity contribution in [1.29, 1.82) is 0 Å². The first-order valence-corrected chi connectivity index (χ1v) is 20.8. The molecule has 0 radical (unpaired) electrons. The Morgan fingerprint density at radius 1 is 1.05 bits per heavy atom. The van der Waals surface area contributed by atoms with Crippen LogP contribution in [-0.2, 0) is 49.5 Å². The number of hydrogen-bond donors (Lipinski definition) is 2. The maximum Gasteiger partial charge on any atom is 0.316 e. The van der Waals surface area contributed by atoms with Gasteiger partial charge in [-0.2, -0.15) is 0 Å². The van der Waals surface area contributed by atoms with Gasteiger partial charge in [-0.1, -0.05) is 50.2 Å². The molecule has 60 heavy (non-hydrogen) atoms. The van der Waals surface area contributed by atoms with Crippen molar-refractivity contribution >= 4 is 29.1 Å². The van der Waals surface area contributed by atoms with E-state index < -0.39 is 77.3 Å². The molecule has 1 aromatic carbocycles.